The highest BCUT2D eigenvalue weighted by atomic mass is 79.9. The maximum absolute atomic E-state index is 12.1. The molecule has 2 rings (SSSR count). The number of hydrogen-bond acceptors (Lipinski definition) is 3. The fourth-order valence-corrected chi connectivity index (χ4v) is 2.13. The minimum atomic E-state index is -0.0925. The SMILES string of the molecule is CCn1ncc(Br)c1C(=O)COc1ccccc1. The third kappa shape index (κ3) is 2.79. The Morgan fingerprint density at radius 1 is 1.39 bits per heavy atom. The summed E-state index contributed by atoms with van der Waals surface area (Å²) in [7, 11) is 0. The van der Waals surface area contributed by atoms with E-state index in [1.165, 1.54) is 0 Å². The molecule has 0 unspecified atom stereocenters. The first-order chi connectivity index (χ1) is 8.72. The number of para-hydroxylation sites is 1. The molecule has 0 bridgehead atoms. The predicted octanol–water partition coefficient (Wildman–Crippen LogP) is 2.93. The van der Waals surface area contributed by atoms with E-state index in [9.17, 15) is 4.79 Å². The van der Waals surface area contributed by atoms with Crippen LogP contribution in [0.25, 0.3) is 0 Å². The van der Waals surface area contributed by atoms with Crippen LogP contribution >= 0.6 is 15.9 Å². The van der Waals surface area contributed by atoms with E-state index in [1.54, 1.807) is 10.9 Å². The van der Waals surface area contributed by atoms with Crippen molar-refractivity contribution in [1.29, 1.82) is 0 Å². The Hall–Kier alpha value is -1.62. The Bertz CT molecular complexity index is 537. The molecule has 0 saturated heterocycles. The van der Waals surface area contributed by atoms with Crippen molar-refractivity contribution >= 4 is 21.7 Å². The number of nitrogens with zero attached hydrogens (tertiary/aromatic N) is 2. The van der Waals surface area contributed by atoms with Crippen LogP contribution in [0.3, 0.4) is 0 Å². The first kappa shape index (κ1) is 12.8. The van der Waals surface area contributed by atoms with E-state index in [-0.39, 0.29) is 12.4 Å². The van der Waals surface area contributed by atoms with Gasteiger partial charge in [-0.05, 0) is 35.0 Å². The standard InChI is InChI=1S/C13H13BrN2O2/c1-2-16-13(11(14)8-15-16)12(17)9-18-10-6-4-3-5-7-10/h3-8H,2,9H2,1H3. The maximum atomic E-state index is 12.1. The van der Waals surface area contributed by atoms with Gasteiger partial charge < -0.3 is 4.74 Å². The van der Waals surface area contributed by atoms with Crippen LogP contribution in [0.5, 0.6) is 5.75 Å². The largest absolute Gasteiger partial charge is 0.485 e. The summed E-state index contributed by atoms with van der Waals surface area (Å²) < 4.78 is 7.79. The highest BCUT2D eigenvalue weighted by Crippen LogP contribution is 2.17. The van der Waals surface area contributed by atoms with E-state index < -0.39 is 0 Å². The number of aryl methyl sites for hydroxylation is 1. The van der Waals surface area contributed by atoms with Gasteiger partial charge in [0.05, 0.1) is 10.7 Å². The highest BCUT2D eigenvalue weighted by molar-refractivity contribution is 9.10. The second-order valence-electron chi connectivity index (χ2n) is 3.68. The van der Waals surface area contributed by atoms with E-state index in [1.807, 2.05) is 37.3 Å². The number of carbonyl (C=O) groups is 1. The van der Waals surface area contributed by atoms with Gasteiger partial charge in [0.25, 0.3) is 0 Å². The number of benzene rings is 1. The zero-order valence-corrected chi connectivity index (χ0v) is 11.6. The van der Waals surface area contributed by atoms with E-state index in [2.05, 4.69) is 21.0 Å². The summed E-state index contributed by atoms with van der Waals surface area (Å²) in [5, 5.41) is 4.10. The van der Waals surface area contributed by atoms with Gasteiger partial charge in [-0.25, -0.2) is 0 Å². The summed E-state index contributed by atoms with van der Waals surface area (Å²) in [4.78, 5) is 12.1. The summed E-state index contributed by atoms with van der Waals surface area (Å²) in [6.07, 6.45) is 1.62. The lowest BCUT2D eigenvalue weighted by atomic mass is 10.3. The molecule has 0 spiro atoms. The van der Waals surface area contributed by atoms with Gasteiger partial charge >= 0.3 is 0 Å². The van der Waals surface area contributed by atoms with Crippen LogP contribution in [0.4, 0.5) is 0 Å². The van der Waals surface area contributed by atoms with E-state index in [4.69, 9.17) is 4.74 Å². The Balaban J connectivity index is 2.06. The molecule has 1 heterocycles. The molecule has 0 aliphatic carbocycles. The molecule has 2 aromatic rings. The monoisotopic (exact) mass is 308 g/mol. The zero-order chi connectivity index (χ0) is 13.0. The molecule has 0 atom stereocenters. The van der Waals surface area contributed by atoms with Crippen LogP contribution in [0, 0.1) is 0 Å². The first-order valence-corrected chi connectivity index (χ1v) is 6.44. The van der Waals surface area contributed by atoms with Gasteiger partial charge in [-0.1, -0.05) is 18.2 Å². The number of aromatic nitrogens is 2. The Morgan fingerprint density at radius 3 is 2.78 bits per heavy atom. The summed E-state index contributed by atoms with van der Waals surface area (Å²) >= 11 is 3.33. The van der Waals surface area contributed by atoms with Crippen LogP contribution in [-0.4, -0.2) is 22.2 Å². The van der Waals surface area contributed by atoms with E-state index in [0.29, 0.717) is 22.5 Å². The van der Waals surface area contributed by atoms with Gasteiger partial charge in [0.2, 0.25) is 5.78 Å². The summed E-state index contributed by atoms with van der Waals surface area (Å²) in [5.41, 5.74) is 0.549. The number of Topliss-reactive ketones (excluding diaryl/α,β-unsaturated/α-hetero) is 1. The first-order valence-electron chi connectivity index (χ1n) is 5.64. The maximum Gasteiger partial charge on any atom is 0.219 e. The molecule has 0 amide bonds. The molecule has 1 aromatic carbocycles. The lowest BCUT2D eigenvalue weighted by molar-refractivity contribution is 0.0910. The molecule has 0 radical (unpaired) electrons. The molecule has 0 aliphatic rings. The van der Waals surface area contributed by atoms with Crippen LogP contribution in [0.15, 0.2) is 41.0 Å². The third-order valence-electron chi connectivity index (χ3n) is 2.47. The molecule has 0 N–H and O–H groups in total. The Kier molecular flexibility index (Phi) is 4.15. The minimum Gasteiger partial charge on any atom is -0.485 e. The Labute approximate surface area is 114 Å². The van der Waals surface area contributed by atoms with Gasteiger partial charge in [-0.2, -0.15) is 5.10 Å². The molecule has 5 heteroatoms. The van der Waals surface area contributed by atoms with Crippen molar-refractivity contribution in [2.75, 3.05) is 6.61 Å². The van der Waals surface area contributed by atoms with E-state index >= 15 is 0 Å². The molecule has 18 heavy (non-hydrogen) atoms. The molecule has 4 nitrogen and oxygen atoms in total. The van der Waals surface area contributed by atoms with Crippen molar-refractivity contribution in [2.24, 2.45) is 0 Å². The number of halogens is 1. The number of carbonyl (C=O) groups excluding carboxylic acids is 1. The second kappa shape index (κ2) is 5.82. The molecule has 0 aliphatic heterocycles. The van der Waals surface area contributed by atoms with Crippen molar-refractivity contribution in [2.45, 2.75) is 13.5 Å². The normalized spacial score (nSPS) is 10.3. The average Bonchev–Trinajstić information content (AvgIpc) is 2.78. The number of hydrogen-bond donors (Lipinski definition) is 0. The van der Waals surface area contributed by atoms with Gasteiger partial charge in [0.1, 0.15) is 11.4 Å². The van der Waals surface area contributed by atoms with Crippen molar-refractivity contribution in [3.63, 3.8) is 0 Å². The summed E-state index contributed by atoms with van der Waals surface area (Å²) in [6, 6.07) is 9.27. The lowest BCUT2D eigenvalue weighted by Crippen LogP contribution is -2.17. The lowest BCUT2D eigenvalue weighted by Gasteiger charge is -2.07. The molecular formula is C13H13BrN2O2. The van der Waals surface area contributed by atoms with Crippen molar-refractivity contribution in [1.82, 2.24) is 9.78 Å². The van der Waals surface area contributed by atoms with Gasteiger partial charge in [0, 0.05) is 6.54 Å². The second-order valence-corrected chi connectivity index (χ2v) is 4.54. The molecule has 0 fully saturated rings. The minimum absolute atomic E-state index is 0.00824. The number of ketones is 1. The molecule has 94 valence electrons. The van der Waals surface area contributed by atoms with Crippen LogP contribution in [0.2, 0.25) is 0 Å². The van der Waals surface area contributed by atoms with Gasteiger partial charge in [-0.15, -0.1) is 0 Å². The van der Waals surface area contributed by atoms with Crippen LogP contribution < -0.4 is 4.74 Å². The van der Waals surface area contributed by atoms with Crippen LogP contribution in [-0.2, 0) is 6.54 Å². The summed E-state index contributed by atoms with van der Waals surface area (Å²) in [6.45, 7) is 2.60. The van der Waals surface area contributed by atoms with E-state index in [0.717, 1.165) is 0 Å². The Morgan fingerprint density at radius 2 is 2.11 bits per heavy atom. The molecular weight excluding hydrogens is 296 g/mol. The van der Waals surface area contributed by atoms with Crippen molar-refractivity contribution in [3.8, 4) is 5.75 Å². The van der Waals surface area contributed by atoms with Crippen molar-refractivity contribution in [3.05, 3.63) is 46.7 Å². The van der Waals surface area contributed by atoms with Gasteiger partial charge in [-0.3, -0.25) is 9.48 Å². The summed E-state index contributed by atoms with van der Waals surface area (Å²) in [5.74, 6) is 0.592. The topological polar surface area (TPSA) is 44.1 Å². The number of rotatable bonds is 5. The van der Waals surface area contributed by atoms with Crippen molar-refractivity contribution < 1.29 is 9.53 Å². The molecule has 0 saturated carbocycles. The highest BCUT2D eigenvalue weighted by Gasteiger charge is 2.16. The van der Waals surface area contributed by atoms with Gasteiger partial charge in [0.15, 0.2) is 6.61 Å². The van der Waals surface area contributed by atoms with Crippen LogP contribution in [0.1, 0.15) is 17.4 Å². The average molecular weight is 309 g/mol. The third-order valence-corrected chi connectivity index (χ3v) is 3.05. The molecule has 1 aromatic heterocycles. The zero-order valence-electron chi connectivity index (χ0n) is 9.97. The predicted molar refractivity (Wildman–Crippen MR) is 71.9 cm³/mol. The fraction of sp³-hybridized carbons (Fsp3) is 0.231. The smallest absolute Gasteiger partial charge is 0.219 e. The number of ether oxygens (including phenoxy) is 1. The fourth-order valence-electron chi connectivity index (χ4n) is 1.61. The quantitative estimate of drug-likeness (QED) is 0.798.